The summed E-state index contributed by atoms with van der Waals surface area (Å²) in [6.45, 7) is 5.00. The Morgan fingerprint density at radius 1 is 1.37 bits per heavy atom. The molecule has 5 heteroatoms. The van der Waals surface area contributed by atoms with Crippen LogP contribution >= 0.6 is 11.6 Å². The fourth-order valence-electron chi connectivity index (χ4n) is 1.74. The van der Waals surface area contributed by atoms with Gasteiger partial charge in [-0.05, 0) is 38.1 Å². The van der Waals surface area contributed by atoms with Crippen molar-refractivity contribution < 1.29 is 4.74 Å². The lowest BCUT2D eigenvalue weighted by atomic mass is 10.2. The van der Waals surface area contributed by atoms with Crippen molar-refractivity contribution in [2.45, 2.75) is 33.0 Å². The summed E-state index contributed by atoms with van der Waals surface area (Å²) in [6.07, 6.45) is 1.95. The van der Waals surface area contributed by atoms with Gasteiger partial charge in [-0.15, -0.1) is 0 Å². The van der Waals surface area contributed by atoms with Crippen LogP contribution in [-0.2, 0) is 13.2 Å². The number of hydrogen-bond acceptors (Lipinski definition) is 3. The molecule has 0 atom stereocenters. The lowest BCUT2D eigenvalue weighted by Gasteiger charge is -2.09. The molecular formula is C14H18ClN3O. The standard InChI is InChI=1S/C14H18ClN3O/c1-10(2)18-6-5-13(17-18)9-19-14-4-3-12(15)7-11(14)8-16/h3-7,10H,8-9,16H2,1-2H3. The number of benzene rings is 1. The van der Waals surface area contributed by atoms with Gasteiger partial charge in [0.15, 0.2) is 0 Å². The Bertz CT molecular complexity index is 551. The van der Waals surface area contributed by atoms with Crippen LogP contribution in [0.3, 0.4) is 0 Å². The predicted molar refractivity (Wildman–Crippen MR) is 76.3 cm³/mol. The molecule has 0 amide bonds. The van der Waals surface area contributed by atoms with Crippen molar-refractivity contribution in [3.05, 3.63) is 46.7 Å². The van der Waals surface area contributed by atoms with Gasteiger partial charge in [-0.2, -0.15) is 5.10 Å². The maximum absolute atomic E-state index is 5.92. The van der Waals surface area contributed by atoms with Crippen molar-refractivity contribution in [3.8, 4) is 5.75 Å². The zero-order valence-corrected chi connectivity index (χ0v) is 11.9. The number of nitrogens with zero attached hydrogens (tertiary/aromatic N) is 2. The first-order valence-electron chi connectivity index (χ1n) is 6.25. The molecule has 0 spiro atoms. The molecule has 102 valence electrons. The average molecular weight is 280 g/mol. The molecule has 0 fully saturated rings. The minimum Gasteiger partial charge on any atom is -0.487 e. The Balaban J connectivity index is 2.05. The van der Waals surface area contributed by atoms with Gasteiger partial charge in [-0.25, -0.2) is 0 Å². The SMILES string of the molecule is CC(C)n1ccc(COc2ccc(Cl)cc2CN)n1. The smallest absolute Gasteiger partial charge is 0.132 e. The molecule has 0 aliphatic rings. The molecule has 0 saturated carbocycles. The molecule has 19 heavy (non-hydrogen) atoms. The predicted octanol–water partition coefficient (Wildman–Crippen LogP) is 3.16. The number of halogens is 1. The lowest BCUT2D eigenvalue weighted by Crippen LogP contribution is -2.05. The van der Waals surface area contributed by atoms with Crippen LogP contribution < -0.4 is 10.5 Å². The largest absolute Gasteiger partial charge is 0.487 e. The Morgan fingerprint density at radius 3 is 2.79 bits per heavy atom. The molecule has 0 radical (unpaired) electrons. The van der Waals surface area contributed by atoms with Crippen LogP contribution in [0.2, 0.25) is 5.02 Å². The van der Waals surface area contributed by atoms with Gasteiger partial charge >= 0.3 is 0 Å². The number of rotatable bonds is 5. The van der Waals surface area contributed by atoms with E-state index in [1.54, 1.807) is 6.07 Å². The molecule has 2 aromatic rings. The summed E-state index contributed by atoms with van der Waals surface area (Å²) in [5.74, 6) is 0.756. The van der Waals surface area contributed by atoms with Gasteiger partial charge in [0.1, 0.15) is 12.4 Å². The second-order valence-electron chi connectivity index (χ2n) is 4.63. The van der Waals surface area contributed by atoms with E-state index in [9.17, 15) is 0 Å². The highest BCUT2D eigenvalue weighted by atomic mass is 35.5. The van der Waals surface area contributed by atoms with E-state index in [2.05, 4.69) is 18.9 Å². The Kier molecular flexibility index (Phi) is 4.45. The van der Waals surface area contributed by atoms with Crippen LogP contribution in [0.15, 0.2) is 30.5 Å². The third kappa shape index (κ3) is 3.49. The molecule has 1 heterocycles. The molecule has 0 unspecified atom stereocenters. The van der Waals surface area contributed by atoms with Gasteiger partial charge in [0.2, 0.25) is 0 Å². The summed E-state index contributed by atoms with van der Waals surface area (Å²) >= 11 is 5.92. The highest BCUT2D eigenvalue weighted by molar-refractivity contribution is 6.30. The summed E-state index contributed by atoms with van der Waals surface area (Å²) in [5.41, 5.74) is 7.47. The normalized spacial score (nSPS) is 11.0. The average Bonchev–Trinajstić information content (AvgIpc) is 2.86. The molecule has 0 bridgehead atoms. The van der Waals surface area contributed by atoms with Crippen molar-refractivity contribution in [2.24, 2.45) is 5.73 Å². The zero-order valence-electron chi connectivity index (χ0n) is 11.1. The molecule has 4 nitrogen and oxygen atoms in total. The van der Waals surface area contributed by atoms with Crippen LogP contribution in [0.1, 0.15) is 31.1 Å². The first kappa shape index (κ1) is 13.9. The Hall–Kier alpha value is -1.52. The van der Waals surface area contributed by atoms with E-state index in [0.717, 1.165) is 17.0 Å². The third-order valence-corrected chi connectivity index (χ3v) is 3.05. The van der Waals surface area contributed by atoms with E-state index < -0.39 is 0 Å². The summed E-state index contributed by atoms with van der Waals surface area (Å²) in [4.78, 5) is 0. The van der Waals surface area contributed by atoms with Gasteiger partial charge in [-0.3, -0.25) is 4.68 Å². The second-order valence-corrected chi connectivity index (χ2v) is 5.06. The fraction of sp³-hybridized carbons (Fsp3) is 0.357. The lowest BCUT2D eigenvalue weighted by molar-refractivity contribution is 0.295. The van der Waals surface area contributed by atoms with E-state index in [1.807, 2.05) is 29.1 Å². The monoisotopic (exact) mass is 279 g/mol. The maximum Gasteiger partial charge on any atom is 0.132 e. The molecule has 0 aliphatic carbocycles. The minimum atomic E-state index is 0.351. The van der Waals surface area contributed by atoms with Crippen molar-refractivity contribution in [2.75, 3.05) is 0 Å². The van der Waals surface area contributed by atoms with E-state index >= 15 is 0 Å². The number of ether oxygens (including phenoxy) is 1. The van der Waals surface area contributed by atoms with Gasteiger partial charge in [0.25, 0.3) is 0 Å². The highest BCUT2D eigenvalue weighted by Gasteiger charge is 2.06. The van der Waals surface area contributed by atoms with Crippen LogP contribution in [0.4, 0.5) is 0 Å². The van der Waals surface area contributed by atoms with E-state index in [-0.39, 0.29) is 0 Å². The van der Waals surface area contributed by atoms with Gasteiger partial charge in [0, 0.05) is 29.4 Å². The molecule has 1 aromatic heterocycles. The summed E-state index contributed by atoms with van der Waals surface area (Å²) in [6, 6.07) is 7.76. The van der Waals surface area contributed by atoms with E-state index in [0.29, 0.717) is 24.2 Å². The Labute approximate surface area is 118 Å². The third-order valence-electron chi connectivity index (χ3n) is 2.81. The molecule has 1 aromatic carbocycles. The van der Waals surface area contributed by atoms with E-state index in [1.165, 1.54) is 0 Å². The van der Waals surface area contributed by atoms with Crippen molar-refractivity contribution >= 4 is 11.6 Å². The summed E-state index contributed by atoms with van der Waals surface area (Å²) in [5, 5.41) is 5.10. The molecule has 2 N–H and O–H groups in total. The molecule has 2 rings (SSSR count). The summed E-state index contributed by atoms with van der Waals surface area (Å²) < 4.78 is 7.65. The van der Waals surface area contributed by atoms with Gasteiger partial charge < -0.3 is 10.5 Å². The Morgan fingerprint density at radius 2 is 2.16 bits per heavy atom. The number of nitrogens with two attached hydrogens (primary N) is 1. The van der Waals surface area contributed by atoms with Crippen molar-refractivity contribution in [1.29, 1.82) is 0 Å². The van der Waals surface area contributed by atoms with Crippen LogP contribution in [-0.4, -0.2) is 9.78 Å². The number of aromatic nitrogens is 2. The van der Waals surface area contributed by atoms with Gasteiger partial charge in [0.05, 0.1) is 5.69 Å². The first-order chi connectivity index (χ1) is 9.10. The van der Waals surface area contributed by atoms with Crippen LogP contribution in [0.5, 0.6) is 5.75 Å². The fourth-order valence-corrected chi connectivity index (χ4v) is 1.94. The highest BCUT2D eigenvalue weighted by Crippen LogP contribution is 2.23. The molecule has 0 aliphatic heterocycles. The quantitative estimate of drug-likeness (QED) is 0.915. The maximum atomic E-state index is 5.92. The summed E-state index contributed by atoms with van der Waals surface area (Å²) in [7, 11) is 0. The van der Waals surface area contributed by atoms with Gasteiger partial charge in [-0.1, -0.05) is 11.6 Å². The zero-order chi connectivity index (χ0) is 13.8. The van der Waals surface area contributed by atoms with Crippen LogP contribution in [0.25, 0.3) is 0 Å². The molecule has 0 saturated heterocycles. The van der Waals surface area contributed by atoms with Crippen molar-refractivity contribution in [3.63, 3.8) is 0 Å². The minimum absolute atomic E-state index is 0.351. The van der Waals surface area contributed by atoms with Crippen LogP contribution in [0, 0.1) is 0 Å². The molecular weight excluding hydrogens is 262 g/mol. The first-order valence-corrected chi connectivity index (χ1v) is 6.63. The topological polar surface area (TPSA) is 53.1 Å². The van der Waals surface area contributed by atoms with E-state index in [4.69, 9.17) is 22.1 Å². The second kappa shape index (κ2) is 6.08. The van der Waals surface area contributed by atoms with Crippen molar-refractivity contribution in [1.82, 2.24) is 9.78 Å². The number of hydrogen-bond donors (Lipinski definition) is 1.